The Bertz CT molecular complexity index is 2570. The Labute approximate surface area is 294 Å². The highest BCUT2D eigenvalue weighted by Gasteiger charge is 2.25. The Balaban J connectivity index is 1.95. The van der Waals surface area contributed by atoms with Gasteiger partial charge in [-0.2, -0.15) is 0 Å². The predicted octanol–water partition coefficient (Wildman–Crippen LogP) is 12.3. The molecule has 5 aromatic rings. The summed E-state index contributed by atoms with van der Waals surface area (Å²) >= 11 is 6.77. The van der Waals surface area contributed by atoms with Crippen LogP contribution in [0.3, 0.4) is 0 Å². The van der Waals surface area contributed by atoms with Crippen LogP contribution in [-0.2, 0) is 22.7 Å². The van der Waals surface area contributed by atoms with Gasteiger partial charge in [-0.05, 0) is 93.0 Å². The van der Waals surface area contributed by atoms with Crippen molar-refractivity contribution in [3.05, 3.63) is 159 Å². The summed E-state index contributed by atoms with van der Waals surface area (Å²) in [6, 6.07) is -4.80. The maximum absolute atomic E-state index is 9.74. The fraction of sp³-hybridized carbons (Fsp3) is 0.286. The summed E-state index contributed by atoms with van der Waals surface area (Å²) in [5.41, 5.74) is -4.42. The van der Waals surface area contributed by atoms with Crippen LogP contribution in [0.5, 0.6) is 0 Å². The average Bonchev–Trinajstić information content (AvgIpc) is 3.13. The Hall–Kier alpha value is -3.81. The lowest BCUT2D eigenvalue weighted by Gasteiger charge is -2.31. The van der Waals surface area contributed by atoms with Crippen LogP contribution in [0.15, 0.2) is 121 Å². The van der Waals surface area contributed by atoms with Gasteiger partial charge in [0.15, 0.2) is 0 Å². The molecule has 0 aliphatic rings. The topological polar surface area (TPSA) is 3.24 Å². The first-order chi connectivity index (χ1) is 27.8. The molecule has 0 saturated heterocycles. The normalized spacial score (nSPS) is 17.7. The zero-order valence-corrected chi connectivity index (χ0v) is 27.0. The first kappa shape index (κ1) is 16.5. The van der Waals surface area contributed by atoms with Gasteiger partial charge >= 0.3 is 0 Å². The van der Waals surface area contributed by atoms with Crippen LogP contribution < -0.4 is 4.90 Å². The molecule has 44 heavy (non-hydrogen) atoms. The summed E-state index contributed by atoms with van der Waals surface area (Å²) < 4.78 is 152. The second-order valence-corrected chi connectivity index (χ2v) is 13.7. The standard InChI is InChI=1S/C42H46ClN/c1-40(2,3)32-19-17-30(18-20-32)25-31-26-36(43)29-39(27-31)44(37-23-21-33(22-24-37)41(4,5)6)38-16-12-15-35(28-38)42(7,8)34-13-10-9-11-14-34/h9-24,26-29H,25H2,1-8H3/i9D,10D,11D,12D,13D,14D,15D,16D,17D,18D,19D,20D,21D,22D,23D,24D,28D. The fourth-order valence-corrected chi connectivity index (χ4v) is 4.73. The van der Waals surface area contributed by atoms with Crippen molar-refractivity contribution in [1.29, 1.82) is 0 Å². The lowest BCUT2D eigenvalue weighted by atomic mass is 9.78. The predicted molar refractivity (Wildman–Crippen MR) is 191 cm³/mol. The van der Waals surface area contributed by atoms with Gasteiger partial charge in [0, 0.05) is 27.5 Å². The minimum Gasteiger partial charge on any atom is -0.310 e. The van der Waals surface area contributed by atoms with Crippen molar-refractivity contribution in [2.75, 3.05) is 4.90 Å². The van der Waals surface area contributed by atoms with Gasteiger partial charge < -0.3 is 4.90 Å². The van der Waals surface area contributed by atoms with Gasteiger partial charge in [0.05, 0.1) is 23.3 Å². The number of rotatable bonds is 7. The molecule has 0 radical (unpaired) electrons. The molecule has 0 amide bonds. The molecule has 0 saturated carbocycles. The highest BCUT2D eigenvalue weighted by molar-refractivity contribution is 6.31. The fourth-order valence-electron chi connectivity index (χ4n) is 4.48. The summed E-state index contributed by atoms with van der Waals surface area (Å²) in [6.07, 6.45) is -0.219. The molecule has 0 aliphatic heterocycles. The van der Waals surface area contributed by atoms with E-state index in [0.717, 1.165) is 4.90 Å². The maximum Gasteiger partial charge on any atom is 0.0648 e. The Kier molecular flexibility index (Phi) is 4.61. The van der Waals surface area contributed by atoms with E-state index in [1.807, 2.05) is 0 Å². The quantitative estimate of drug-likeness (QED) is 0.176. The van der Waals surface area contributed by atoms with E-state index in [9.17, 15) is 5.48 Å². The lowest BCUT2D eigenvalue weighted by Crippen LogP contribution is -2.20. The van der Waals surface area contributed by atoms with Crippen LogP contribution in [-0.4, -0.2) is 0 Å². The number of hydrogen-bond donors (Lipinski definition) is 0. The number of benzene rings is 5. The number of nitrogens with zero attached hydrogens (tertiary/aromatic N) is 1. The van der Waals surface area contributed by atoms with E-state index in [0.29, 0.717) is 5.56 Å². The van der Waals surface area contributed by atoms with Gasteiger partial charge in [-0.25, -0.2) is 0 Å². The van der Waals surface area contributed by atoms with Gasteiger partial charge in [0.1, 0.15) is 0 Å². The molecule has 0 spiro atoms. The van der Waals surface area contributed by atoms with Crippen molar-refractivity contribution in [2.45, 2.75) is 78.1 Å². The van der Waals surface area contributed by atoms with E-state index in [1.165, 1.54) is 32.0 Å². The van der Waals surface area contributed by atoms with E-state index in [1.54, 1.807) is 41.5 Å². The van der Waals surface area contributed by atoms with E-state index in [4.69, 9.17) is 29.4 Å². The second-order valence-electron chi connectivity index (χ2n) is 13.3. The molecule has 0 bridgehead atoms. The molecule has 226 valence electrons. The Morgan fingerprint density at radius 2 is 1.09 bits per heavy atom. The zero-order valence-electron chi connectivity index (χ0n) is 43.3. The summed E-state index contributed by atoms with van der Waals surface area (Å²) in [5.74, 6) is 0. The van der Waals surface area contributed by atoms with Gasteiger partial charge in [-0.3, -0.25) is 0 Å². The van der Waals surface area contributed by atoms with Crippen molar-refractivity contribution >= 4 is 28.7 Å². The molecule has 5 aromatic carbocycles. The number of halogens is 1. The monoisotopic (exact) mass is 616 g/mol. The minimum atomic E-state index is -1.79. The van der Waals surface area contributed by atoms with E-state index in [2.05, 4.69) is 0 Å². The first-order valence-electron chi connectivity index (χ1n) is 22.8. The molecule has 0 heterocycles. The third-order valence-electron chi connectivity index (χ3n) is 7.18. The smallest absolute Gasteiger partial charge is 0.0648 e. The van der Waals surface area contributed by atoms with Crippen LogP contribution in [0.4, 0.5) is 17.1 Å². The number of hydrogen-bond acceptors (Lipinski definition) is 1. The minimum absolute atomic E-state index is 0.0154. The van der Waals surface area contributed by atoms with Crippen LogP contribution in [0, 0.1) is 0 Å². The first-order valence-corrected chi connectivity index (χ1v) is 14.7. The zero-order chi connectivity index (χ0) is 46.5. The van der Waals surface area contributed by atoms with E-state index >= 15 is 0 Å². The molecule has 5 rings (SSSR count). The Morgan fingerprint density at radius 3 is 1.68 bits per heavy atom. The highest BCUT2D eigenvalue weighted by Crippen LogP contribution is 2.40. The van der Waals surface area contributed by atoms with Crippen molar-refractivity contribution in [2.24, 2.45) is 0 Å². The van der Waals surface area contributed by atoms with Crippen molar-refractivity contribution in [1.82, 2.24) is 0 Å². The van der Waals surface area contributed by atoms with Gasteiger partial charge in [-0.1, -0.05) is 146 Å². The molecular formula is C42H46ClN. The summed E-state index contributed by atoms with van der Waals surface area (Å²) in [5, 5.41) is 0.0154. The molecule has 2 heteroatoms. The highest BCUT2D eigenvalue weighted by atomic mass is 35.5. The number of anilines is 3. The second kappa shape index (κ2) is 12.3. The Morgan fingerprint density at radius 1 is 0.523 bits per heavy atom. The maximum atomic E-state index is 9.74. The van der Waals surface area contributed by atoms with E-state index in [-0.39, 0.29) is 69.1 Å². The summed E-state index contributed by atoms with van der Waals surface area (Å²) in [6.45, 7) is 13.3. The van der Waals surface area contributed by atoms with Crippen molar-refractivity contribution in [3.63, 3.8) is 0 Å². The SMILES string of the molecule is [2H]c1c([2H])c([2H])c(C(C)(C)c2c([2H])c([2H])c([2H])c(N(c3cc(Cl)cc(Cc4c([2H])c([2H])c(C(C)(C)C)c([2H])c4[2H])c3)c3c([2H])c([2H])c(C(C)(C)C)c([2H])c3[2H])c2[2H])c([2H])c1[2H]. The largest absolute Gasteiger partial charge is 0.310 e. The average molecular weight is 617 g/mol. The lowest BCUT2D eigenvalue weighted by molar-refractivity contribution is 0.590. The molecule has 0 atom stereocenters. The molecule has 1 nitrogen and oxygen atoms in total. The molecule has 0 fully saturated rings. The third kappa shape index (κ3) is 7.11. The summed E-state index contributed by atoms with van der Waals surface area (Å²) in [4.78, 5) is 1.06. The van der Waals surface area contributed by atoms with Crippen LogP contribution >= 0.6 is 11.6 Å². The van der Waals surface area contributed by atoms with Crippen LogP contribution in [0.2, 0.25) is 5.02 Å². The van der Waals surface area contributed by atoms with Gasteiger partial charge in [0.25, 0.3) is 0 Å². The van der Waals surface area contributed by atoms with Gasteiger partial charge in [0.2, 0.25) is 0 Å². The molecule has 0 aliphatic carbocycles. The molecule has 0 N–H and O–H groups in total. The van der Waals surface area contributed by atoms with Crippen molar-refractivity contribution in [3.8, 4) is 0 Å². The summed E-state index contributed by atoms with van der Waals surface area (Å²) in [7, 11) is 0. The third-order valence-corrected chi connectivity index (χ3v) is 7.40. The molecular weight excluding hydrogens is 554 g/mol. The molecule has 0 aromatic heterocycles. The van der Waals surface area contributed by atoms with Crippen LogP contribution in [0.1, 0.15) is 112 Å². The molecule has 0 unspecified atom stereocenters. The van der Waals surface area contributed by atoms with Crippen molar-refractivity contribution < 1.29 is 23.3 Å². The van der Waals surface area contributed by atoms with Crippen LogP contribution in [0.25, 0.3) is 0 Å². The van der Waals surface area contributed by atoms with Gasteiger partial charge in [-0.15, -0.1) is 0 Å². The van der Waals surface area contributed by atoms with E-state index < -0.39 is 106 Å².